The molecule has 0 N–H and O–H groups in total. The van der Waals surface area contributed by atoms with E-state index in [1.807, 2.05) is 11.8 Å². The predicted molar refractivity (Wildman–Crippen MR) is 107 cm³/mol. The third-order valence-electron chi connectivity index (χ3n) is 5.88. The summed E-state index contributed by atoms with van der Waals surface area (Å²) in [4.78, 5) is 25.4. The molecule has 1 amide bonds. The van der Waals surface area contributed by atoms with E-state index in [9.17, 15) is 9.18 Å². The van der Waals surface area contributed by atoms with E-state index in [4.69, 9.17) is 4.74 Å². The zero-order chi connectivity index (χ0) is 20.2. The van der Waals surface area contributed by atoms with E-state index >= 15 is 0 Å². The number of carbonyl (C=O) groups is 1. The number of hydrogen-bond donors (Lipinski definition) is 0. The normalized spacial score (nSPS) is 19.3. The minimum atomic E-state index is -0.301. The first-order chi connectivity index (χ1) is 14.1. The quantitative estimate of drug-likeness (QED) is 0.792. The van der Waals surface area contributed by atoms with Crippen LogP contribution in [-0.2, 0) is 0 Å². The Balaban J connectivity index is 1.24. The molecule has 29 heavy (non-hydrogen) atoms. The Morgan fingerprint density at radius 3 is 2.41 bits per heavy atom. The van der Waals surface area contributed by atoms with Gasteiger partial charge in [0.05, 0.1) is 11.9 Å². The number of halogens is 1. The van der Waals surface area contributed by atoms with Crippen molar-refractivity contribution in [1.82, 2.24) is 19.8 Å². The number of carbonyl (C=O) groups excluding carboxylic acids is 1. The van der Waals surface area contributed by atoms with Crippen LogP contribution in [0.3, 0.4) is 0 Å². The van der Waals surface area contributed by atoms with E-state index in [0.29, 0.717) is 17.5 Å². The summed E-state index contributed by atoms with van der Waals surface area (Å²) in [5, 5.41) is 0. The van der Waals surface area contributed by atoms with Crippen LogP contribution in [0.25, 0.3) is 0 Å². The maximum Gasteiger partial charge on any atom is 0.274 e. The van der Waals surface area contributed by atoms with E-state index in [-0.39, 0.29) is 17.8 Å². The highest BCUT2D eigenvalue weighted by Gasteiger charge is 2.31. The highest BCUT2D eigenvalue weighted by Crippen LogP contribution is 2.25. The van der Waals surface area contributed by atoms with Crippen molar-refractivity contribution >= 4 is 5.91 Å². The molecule has 7 heteroatoms. The van der Waals surface area contributed by atoms with Gasteiger partial charge in [-0.05, 0) is 44.7 Å². The predicted octanol–water partition coefficient (Wildman–Crippen LogP) is 3.07. The zero-order valence-electron chi connectivity index (χ0n) is 16.8. The maximum atomic E-state index is 13.8. The molecule has 1 aromatic heterocycles. The molecular weight excluding hydrogens is 371 g/mol. The second kappa shape index (κ2) is 8.86. The molecule has 2 saturated heterocycles. The largest absolute Gasteiger partial charge is 0.487 e. The number of likely N-dealkylation sites (tertiary alicyclic amines) is 2. The van der Waals surface area contributed by atoms with Crippen molar-refractivity contribution in [2.24, 2.45) is 0 Å². The second-order valence-corrected chi connectivity index (χ2v) is 7.85. The third kappa shape index (κ3) is 4.72. The van der Waals surface area contributed by atoms with Crippen molar-refractivity contribution < 1.29 is 13.9 Å². The Morgan fingerprint density at radius 2 is 1.76 bits per heavy atom. The van der Waals surface area contributed by atoms with Gasteiger partial charge in [0.1, 0.15) is 11.8 Å². The van der Waals surface area contributed by atoms with Crippen molar-refractivity contribution in [1.29, 1.82) is 0 Å². The van der Waals surface area contributed by atoms with Crippen LogP contribution in [0, 0.1) is 12.7 Å². The molecule has 2 aliphatic rings. The van der Waals surface area contributed by atoms with Crippen LogP contribution in [0.4, 0.5) is 4.39 Å². The van der Waals surface area contributed by atoms with Crippen LogP contribution in [-0.4, -0.2) is 64.0 Å². The number of ether oxygens (including phenoxy) is 1. The Kier molecular flexibility index (Phi) is 6.04. The molecule has 0 atom stereocenters. The smallest absolute Gasteiger partial charge is 0.274 e. The lowest BCUT2D eigenvalue weighted by Crippen LogP contribution is -2.50. The van der Waals surface area contributed by atoms with E-state index in [0.717, 1.165) is 57.6 Å². The number of nitrogens with zero attached hydrogens (tertiary/aromatic N) is 4. The molecular formula is C22H27FN4O2. The summed E-state index contributed by atoms with van der Waals surface area (Å²) in [6, 6.07) is 7.07. The molecule has 0 saturated carbocycles. The number of hydrogen-bond acceptors (Lipinski definition) is 5. The molecule has 0 spiro atoms. The summed E-state index contributed by atoms with van der Waals surface area (Å²) >= 11 is 0. The highest BCUT2D eigenvalue weighted by molar-refractivity contribution is 5.92. The Bertz CT molecular complexity index is 829. The van der Waals surface area contributed by atoms with Gasteiger partial charge in [0.25, 0.3) is 5.91 Å². The summed E-state index contributed by atoms with van der Waals surface area (Å²) in [7, 11) is 0. The van der Waals surface area contributed by atoms with Gasteiger partial charge in [0.2, 0.25) is 0 Å². The molecule has 2 aromatic rings. The minimum Gasteiger partial charge on any atom is -0.487 e. The van der Waals surface area contributed by atoms with Crippen LogP contribution < -0.4 is 4.74 Å². The molecule has 4 rings (SSSR count). The first-order valence-electron chi connectivity index (χ1n) is 10.3. The fourth-order valence-electron chi connectivity index (χ4n) is 4.18. The summed E-state index contributed by atoms with van der Waals surface area (Å²) in [6.45, 7) is 5.23. The fourth-order valence-corrected chi connectivity index (χ4v) is 4.18. The summed E-state index contributed by atoms with van der Waals surface area (Å²) < 4.78 is 19.6. The van der Waals surface area contributed by atoms with Crippen LogP contribution in [0.1, 0.15) is 41.9 Å². The lowest BCUT2D eigenvalue weighted by molar-refractivity contribution is 0.0413. The van der Waals surface area contributed by atoms with Crippen LogP contribution in [0.5, 0.6) is 5.75 Å². The number of aryl methyl sites for hydroxylation is 1. The van der Waals surface area contributed by atoms with Crippen molar-refractivity contribution in [3.63, 3.8) is 0 Å². The average Bonchev–Trinajstić information content (AvgIpc) is 2.76. The molecule has 154 valence electrons. The number of amides is 1. The van der Waals surface area contributed by atoms with Gasteiger partial charge in [0, 0.05) is 38.4 Å². The first-order valence-corrected chi connectivity index (χ1v) is 10.3. The van der Waals surface area contributed by atoms with E-state index in [1.165, 1.54) is 6.07 Å². The van der Waals surface area contributed by atoms with Gasteiger partial charge in [-0.3, -0.25) is 14.7 Å². The topological polar surface area (TPSA) is 58.6 Å². The van der Waals surface area contributed by atoms with Crippen molar-refractivity contribution in [3.8, 4) is 5.75 Å². The monoisotopic (exact) mass is 398 g/mol. The van der Waals surface area contributed by atoms with Gasteiger partial charge in [-0.25, -0.2) is 9.37 Å². The van der Waals surface area contributed by atoms with Gasteiger partial charge in [-0.2, -0.15) is 0 Å². The minimum absolute atomic E-state index is 0.0343. The Labute approximate surface area is 170 Å². The first kappa shape index (κ1) is 19.8. The third-order valence-corrected chi connectivity index (χ3v) is 5.88. The molecule has 2 fully saturated rings. The molecule has 2 aliphatic heterocycles. The van der Waals surface area contributed by atoms with Crippen LogP contribution in [0.15, 0.2) is 36.7 Å². The number of para-hydroxylation sites is 1. The molecule has 3 heterocycles. The number of benzene rings is 1. The molecule has 0 bridgehead atoms. The Morgan fingerprint density at radius 1 is 1.03 bits per heavy atom. The zero-order valence-corrected chi connectivity index (χ0v) is 16.8. The van der Waals surface area contributed by atoms with Crippen molar-refractivity contribution in [2.45, 2.75) is 44.8 Å². The highest BCUT2D eigenvalue weighted by atomic mass is 19.1. The van der Waals surface area contributed by atoms with Crippen molar-refractivity contribution in [3.05, 3.63) is 53.9 Å². The van der Waals surface area contributed by atoms with Gasteiger partial charge < -0.3 is 9.64 Å². The summed E-state index contributed by atoms with van der Waals surface area (Å²) in [5.41, 5.74) is 1.22. The van der Waals surface area contributed by atoms with Gasteiger partial charge in [-0.1, -0.05) is 12.1 Å². The van der Waals surface area contributed by atoms with E-state index in [1.54, 1.807) is 30.6 Å². The van der Waals surface area contributed by atoms with Gasteiger partial charge in [0.15, 0.2) is 11.6 Å². The maximum absolute atomic E-state index is 13.8. The Hall–Kier alpha value is -2.54. The van der Waals surface area contributed by atoms with Gasteiger partial charge >= 0.3 is 0 Å². The second-order valence-electron chi connectivity index (χ2n) is 7.85. The van der Waals surface area contributed by atoms with Crippen LogP contribution >= 0.6 is 0 Å². The van der Waals surface area contributed by atoms with Gasteiger partial charge in [-0.15, -0.1) is 0 Å². The number of aromatic nitrogens is 2. The molecule has 1 aromatic carbocycles. The van der Waals surface area contributed by atoms with Crippen LogP contribution in [0.2, 0.25) is 0 Å². The fraction of sp³-hybridized carbons (Fsp3) is 0.500. The molecule has 0 unspecified atom stereocenters. The summed E-state index contributed by atoms with van der Waals surface area (Å²) in [5.74, 6) is 0.00940. The number of piperidine rings is 2. The SMILES string of the molecule is Cc1cnc(C(=O)N2CCC(N3CCC(Oc4ccccc4F)CC3)CC2)cn1. The van der Waals surface area contributed by atoms with E-state index < -0.39 is 0 Å². The standard InChI is InChI=1S/C22H27FN4O2/c1-16-14-25-20(15-24-16)22(28)27-10-6-17(7-11-27)26-12-8-18(9-13-26)29-21-5-3-2-4-19(21)23/h2-5,14-15,17-18H,6-13H2,1H3. The average molecular weight is 398 g/mol. The van der Waals surface area contributed by atoms with E-state index in [2.05, 4.69) is 14.9 Å². The summed E-state index contributed by atoms with van der Waals surface area (Å²) in [6.07, 6.45) is 6.97. The lowest BCUT2D eigenvalue weighted by atomic mass is 9.98. The van der Waals surface area contributed by atoms with Crippen molar-refractivity contribution in [2.75, 3.05) is 26.2 Å². The molecule has 0 radical (unpaired) electrons. The number of rotatable bonds is 4. The molecule has 6 nitrogen and oxygen atoms in total. The molecule has 0 aliphatic carbocycles. The lowest BCUT2D eigenvalue weighted by Gasteiger charge is -2.41.